The lowest BCUT2D eigenvalue weighted by Crippen LogP contribution is -2.29. The van der Waals surface area contributed by atoms with Crippen LogP contribution in [0.5, 0.6) is 0 Å². The lowest BCUT2D eigenvalue weighted by molar-refractivity contribution is 0.0214. The SMILES string of the molecule is C=C(CCCO)[C@H]1CC[C@](C)(O)[C@@H]1C. The molecule has 0 aromatic carbocycles. The van der Waals surface area contributed by atoms with Gasteiger partial charge in [-0.15, -0.1) is 0 Å². The molecular weight excluding hydrogens is 176 g/mol. The zero-order valence-electron chi connectivity index (χ0n) is 9.29. The van der Waals surface area contributed by atoms with Gasteiger partial charge >= 0.3 is 0 Å². The van der Waals surface area contributed by atoms with Crippen LogP contribution in [-0.2, 0) is 0 Å². The van der Waals surface area contributed by atoms with Gasteiger partial charge in [-0.1, -0.05) is 19.1 Å². The third kappa shape index (κ3) is 2.37. The third-order valence-electron chi connectivity index (χ3n) is 3.73. The van der Waals surface area contributed by atoms with Gasteiger partial charge in [-0.3, -0.25) is 0 Å². The zero-order chi connectivity index (χ0) is 10.8. The highest BCUT2D eigenvalue weighted by atomic mass is 16.3. The van der Waals surface area contributed by atoms with E-state index in [0.717, 1.165) is 25.7 Å². The van der Waals surface area contributed by atoms with E-state index in [-0.39, 0.29) is 6.61 Å². The standard InChI is InChI=1S/C12H22O2/c1-9(5-4-8-13)11-6-7-12(3,14)10(11)2/h10-11,13-14H,1,4-8H2,2-3H3/t10-,11-,12+/m1/s1. The van der Waals surface area contributed by atoms with Crippen LogP contribution in [0, 0.1) is 11.8 Å². The van der Waals surface area contributed by atoms with E-state index in [0.29, 0.717) is 11.8 Å². The average molecular weight is 198 g/mol. The van der Waals surface area contributed by atoms with E-state index < -0.39 is 5.60 Å². The molecule has 1 aliphatic carbocycles. The molecule has 3 atom stereocenters. The van der Waals surface area contributed by atoms with Gasteiger partial charge in [0.25, 0.3) is 0 Å². The fourth-order valence-electron chi connectivity index (χ4n) is 2.41. The average Bonchev–Trinajstić information content (AvgIpc) is 2.39. The van der Waals surface area contributed by atoms with Gasteiger partial charge < -0.3 is 10.2 Å². The van der Waals surface area contributed by atoms with Gasteiger partial charge in [0.1, 0.15) is 0 Å². The van der Waals surface area contributed by atoms with Crippen molar-refractivity contribution in [3.63, 3.8) is 0 Å². The number of hydrogen-bond donors (Lipinski definition) is 2. The van der Waals surface area contributed by atoms with E-state index in [1.807, 2.05) is 6.92 Å². The minimum atomic E-state index is -0.521. The van der Waals surface area contributed by atoms with E-state index in [1.54, 1.807) is 0 Å². The van der Waals surface area contributed by atoms with Crippen LogP contribution >= 0.6 is 0 Å². The number of hydrogen-bond acceptors (Lipinski definition) is 2. The maximum absolute atomic E-state index is 10.0. The Balaban J connectivity index is 2.50. The Bertz CT molecular complexity index is 208. The van der Waals surface area contributed by atoms with Gasteiger partial charge in [-0.2, -0.15) is 0 Å². The lowest BCUT2D eigenvalue weighted by atomic mass is 9.83. The van der Waals surface area contributed by atoms with Crippen LogP contribution in [0.15, 0.2) is 12.2 Å². The Morgan fingerprint density at radius 3 is 2.64 bits per heavy atom. The smallest absolute Gasteiger partial charge is 0.0651 e. The van der Waals surface area contributed by atoms with Crippen LogP contribution in [0.4, 0.5) is 0 Å². The summed E-state index contributed by atoms with van der Waals surface area (Å²) in [5.74, 6) is 0.741. The second-order valence-corrected chi connectivity index (χ2v) is 4.78. The molecule has 14 heavy (non-hydrogen) atoms. The Kier molecular flexibility index (Phi) is 3.73. The van der Waals surface area contributed by atoms with Crippen molar-refractivity contribution >= 4 is 0 Å². The van der Waals surface area contributed by atoms with E-state index in [1.165, 1.54) is 5.57 Å². The van der Waals surface area contributed by atoms with Crippen molar-refractivity contribution in [1.29, 1.82) is 0 Å². The lowest BCUT2D eigenvalue weighted by Gasteiger charge is -2.26. The Morgan fingerprint density at radius 2 is 2.21 bits per heavy atom. The van der Waals surface area contributed by atoms with Crippen molar-refractivity contribution in [3.05, 3.63) is 12.2 Å². The molecule has 0 unspecified atom stereocenters. The summed E-state index contributed by atoms with van der Waals surface area (Å²) in [5.41, 5.74) is 0.677. The number of aliphatic hydroxyl groups is 2. The summed E-state index contributed by atoms with van der Waals surface area (Å²) < 4.78 is 0. The molecule has 2 N–H and O–H groups in total. The minimum absolute atomic E-state index is 0.233. The molecule has 0 amide bonds. The van der Waals surface area contributed by atoms with Gasteiger partial charge in [0.05, 0.1) is 5.60 Å². The molecule has 2 heteroatoms. The second kappa shape index (κ2) is 4.45. The van der Waals surface area contributed by atoms with Crippen LogP contribution in [0.3, 0.4) is 0 Å². The van der Waals surface area contributed by atoms with Crippen molar-refractivity contribution in [3.8, 4) is 0 Å². The van der Waals surface area contributed by atoms with Crippen LogP contribution in [-0.4, -0.2) is 22.4 Å². The van der Waals surface area contributed by atoms with Gasteiger partial charge in [-0.25, -0.2) is 0 Å². The van der Waals surface area contributed by atoms with Crippen LogP contribution in [0.25, 0.3) is 0 Å². The summed E-state index contributed by atoms with van der Waals surface area (Å²) in [4.78, 5) is 0. The molecule has 0 heterocycles. The Morgan fingerprint density at radius 1 is 1.57 bits per heavy atom. The molecule has 1 aliphatic rings. The van der Waals surface area contributed by atoms with Crippen molar-refractivity contribution < 1.29 is 10.2 Å². The van der Waals surface area contributed by atoms with E-state index >= 15 is 0 Å². The van der Waals surface area contributed by atoms with Gasteiger partial charge in [0.15, 0.2) is 0 Å². The summed E-state index contributed by atoms with van der Waals surface area (Å²) in [6.45, 7) is 8.31. The number of aliphatic hydroxyl groups excluding tert-OH is 1. The second-order valence-electron chi connectivity index (χ2n) is 4.78. The van der Waals surface area contributed by atoms with Crippen molar-refractivity contribution in [2.45, 2.75) is 45.1 Å². The van der Waals surface area contributed by atoms with Crippen LogP contribution in [0.1, 0.15) is 39.5 Å². The van der Waals surface area contributed by atoms with E-state index in [2.05, 4.69) is 13.5 Å². The monoisotopic (exact) mass is 198 g/mol. The maximum atomic E-state index is 10.0. The fraction of sp³-hybridized carbons (Fsp3) is 0.833. The molecule has 1 saturated carbocycles. The summed E-state index contributed by atoms with van der Waals surface area (Å²) in [7, 11) is 0. The van der Waals surface area contributed by atoms with E-state index in [9.17, 15) is 5.11 Å². The molecular formula is C12H22O2. The molecule has 0 spiro atoms. The largest absolute Gasteiger partial charge is 0.396 e. The highest BCUT2D eigenvalue weighted by Gasteiger charge is 2.41. The van der Waals surface area contributed by atoms with Crippen molar-refractivity contribution in [1.82, 2.24) is 0 Å². The minimum Gasteiger partial charge on any atom is -0.396 e. The molecule has 2 nitrogen and oxygen atoms in total. The summed E-state index contributed by atoms with van der Waals surface area (Å²) in [6.07, 6.45) is 3.60. The highest BCUT2D eigenvalue weighted by Crippen LogP contribution is 2.43. The first-order chi connectivity index (χ1) is 6.49. The number of rotatable bonds is 4. The summed E-state index contributed by atoms with van der Waals surface area (Å²) >= 11 is 0. The van der Waals surface area contributed by atoms with Crippen molar-refractivity contribution in [2.24, 2.45) is 11.8 Å². The summed E-state index contributed by atoms with van der Waals surface area (Å²) in [6, 6.07) is 0. The molecule has 0 radical (unpaired) electrons. The normalized spacial score (nSPS) is 37.4. The number of allylic oxidation sites excluding steroid dienone is 1. The molecule has 0 saturated heterocycles. The first-order valence-electron chi connectivity index (χ1n) is 5.50. The topological polar surface area (TPSA) is 40.5 Å². The highest BCUT2D eigenvalue weighted by molar-refractivity contribution is 5.09. The van der Waals surface area contributed by atoms with Gasteiger partial charge in [-0.05, 0) is 44.4 Å². The van der Waals surface area contributed by atoms with Crippen LogP contribution in [0.2, 0.25) is 0 Å². The van der Waals surface area contributed by atoms with Gasteiger partial charge in [0.2, 0.25) is 0 Å². The first-order valence-corrected chi connectivity index (χ1v) is 5.50. The molecule has 0 bridgehead atoms. The van der Waals surface area contributed by atoms with Gasteiger partial charge in [0, 0.05) is 6.61 Å². The maximum Gasteiger partial charge on any atom is 0.0651 e. The third-order valence-corrected chi connectivity index (χ3v) is 3.73. The Labute approximate surface area is 86.6 Å². The molecule has 0 aliphatic heterocycles. The zero-order valence-corrected chi connectivity index (χ0v) is 9.29. The van der Waals surface area contributed by atoms with Crippen molar-refractivity contribution in [2.75, 3.05) is 6.61 Å². The van der Waals surface area contributed by atoms with Crippen LogP contribution < -0.4 is 0 Å². The summed E-state index contributed by atoms with van der Waals surface area (Å²) in [5, 5.41) is 18.8. The van der Waals surface area contributed by atoms with E-state index in [4.69, 9.17) is 5.11 Å². The predicted octanol–water partition coefficient (Wildman–Crippen LogP) is 2.11. The molecule has 1 fully saturated rings. The first kappa shape index (κ1) is 11.7. The Hall–Kier alpha value is -0.340. The molecule has 82 valence electrons. The fourth-order valence-corrected chi connectivity index (χ4v) is 2.41. The molecule has 1 rings (SSSR count). The quantitative estimate of drug-likeness (QED) is 0.679. The molecule has 0 aromatic rings. The predicted molar refractivity (Wildman–Crippen MR) is 58.0 cm³/mol. The molecule has 0 aromatic heterocycles.